The van der Waals surface area contributed by atoms with Crippen LogP contribution in [-0.4, -0.2) is 11.8 Å². The van der Waals surface area contributed by atoms with E-state index in [1.807, 2.05) is 54.6 Å². The maximum atomic E-state index is 12.4. The van der Waals surface area contributed by atoms with Gasteiger partial charge in [0.2, 0.25) is 5.91 Å². The van der Waals surface area contributed by atoms with Gasteiger partial charge in [0.25, 0.3) is 5.91 Å². The number of rotatable bonds is 6. The number of amides is 2. The van der Waals surface area contributed by atoms with E-state index in [4.69, 9.17) is 5.73 Å². The fraction of sp³-hybridized carbons (Fsp3) is 0.143. The summed E-state index contributed by atoms with van der Waals surface area (Å²) in [5.74, 6) is -0.718. The number of hydrogen-bond donors (Lipinski definition) is 2. The standard InChI is InChI=1S/C21H20N2O2S/c1-2-14-8-10-15(11-9-14)12-19(24)23-21-17(20(22)25)13-18(26-21)16-6-4-3-5-7-16/h3-11,13H,2,12H2,1H3,(H2,22,25)(H,23,24). The van der Waals surface area contributed by atoms with Gasteiger partial charge in [0.15, 0.2) is 0 Å². The molecule has 0 fully saturated rings. The van der Waals surface area contributed by atoms with E-state index >= 15 is 0 Å². The van der Waals surface area contributed by atoms with Crippen molar-refractivity contribution < 1.29 is 9.59 Å². The molecule has 5 heteroatoms. The second-order valence-electron chi connectivity index (χ2n) is 5.98. The molecule has 0 bridgehead atoms. The minimum absolute atomic E-state index is 0.168. The quantitative estimate of drug-likeness (QED) is 0.686. The van der Waals surface area contributed by atoms with Gasteiger partial charge in [-0.2, -0.15) is 0 Å². The number of benzene rings is 2. The first-order valence-electron chi connectivity index (χ1n) is 8.43. The van der Waals surface area contributed by atoms with Gasteiger partial charge in [0.05, 0.1) is 12.0 Å². The molecule has 26 heavy (non-hydrogen) atoms. The molecule has 1 heterocycles. The van der Waals surface area contributed by atoms with Crippen molar-refractivity contribution >= 4 is 28.2 Å². The van der Waals surface area contributed by atoms with Crippen molar-refractivity contribution in [2.75, 3.05) is 5.32 Å². The third-order valence-corrected chi connectivity index (χ3v) is 5.20. The predicted molar refractivity (Wildman–Crippen MR) is 106 cm³/mol. The Morgan fingerprint density at radius 2 is 1.65 bits per heavy atom. The normalized spacial score (nSPS) is 10.5. The molecular weight excluding hydrogens is 344 g/mol. The Bertz CT molecular complexity index is 915. The van der Waals surface area contributed by atoms with Crippen molar-refractivity contribution in [3.05, 3.63) is 77.4 Å². The van der Waals surface area contributed by atoms with E-state index in [9.17, 15) is 9.59 Å². The van der Waals surface area contributed by atoms with Crippen LogP contribution in [-0.2, 0) is 17.6 Å². The first-order valence-corrected chi connectivity index (χ1v) is 9.25. The lowest BCUT2D eigenvalue weighted by atomic mass is 10.1. The SMILES string of the molecule is CCc1ccc(CC(=O)Nc2sc(-c3ccccc3)cc2C(N)=O)cc1. The highest BCUT2D eigenvalue weighted by atomic mass is 32.1. The van der Waals surface area contributed by atoms with E-state index in [2.05, 4.69) is 12.2 Å². The highest BCUT2D eigenvalue weighted by molar-refractivity contribution is 7.20. The van der Waals surface area contributed by atoms with E-state index in [-0.39, 0.29) is 12.3 Å². The molecule has 0 aliphatic rings. The summed E-state index contributed by atoms with van der Waals surface area (Å²) < 4.78 is 0. The molecule has 132 valence electrons. The number of carbonyl (C=O) groups excluding carboxylic acids is 2. The fourth-order valence-electron chi connectivity index (χ4n) is 2.66. The lowest BCUT2D eigenvalue weighted by Gasteiger charge is -2.05. The van der Waals surface area contributed by atoms with Gasteiger partial charge in [-0.25, -0.2) is 0 Å². The Balaban J connectivity index is 1.78. The zero-order valence-corrected chi connectivity index (χ0v) is 15.3. The topological polar surface area (TPSA) is 72.2 Å². The summed E-state index contributed by atoms with van der Waals surface area (Å²) in [5, 5.41) is 3.33. The summed E-state index contributed by atoms with van der Waals surface area (Å²) in [5.41, 5.74) is 8.96. The number of hydrogen-bond acceptors (Lipinski definition) is 3. The molecule has 0 aliphatic heterocycles. The van der Waals surface area contributed by atoms with Gasteiger partial charge in [0, 0.05) is 4.88 Å². The zero-order valence-electron chi connectivity index (χ0n) is 14.5. The number of primary amides is 1. The average molecular weight is 364 g/mol. The Hall–Kier alpha value is -2.92. The van der Waals surface area contributed by atoms with Crippen LogP contribution < -0.4 is 11.1 Å². The minimum Gasteiger partial charge on any atom is -0.366 e. The van der Waals surface area contributed by atoms with Crippen LogP contribution in [0.1, 0.15) is 28.4 Å². The molecular formula is C21H20N2O2S. The van der Waals surface area contributed by atoms with E-state index in [1.54, 1.807) is 6.07 Å². The Kier molecular flexibility index (Phi) is 5.49. The van der Waals surface area contributed by atoms with Crippen LogP contribution in [0.5, 0.6) is 0 Å². The van der Waals surface area contributed by atoms with Crippen LogP contribution in [0.3, 0.4) is 0 Å². The van der Waals surface area contributed by atoms with Gasteiger partial charge < -0.3 is 11.1 Å². The second-order valence-corrected chi connectivity index (χ2v) is 7.03. The maximum Gasteiger partial charge on any atom is 0.251 e. The van der Waals surface area contributed by atoms with Crippen LogP contribution in [0, 0.1) is 0 Å². The monoisotopic (exact) mass is 364 g/mol. The molecule has 0 atom stereocenters. The molecule has 3 rings (SSSR count). The van der Waals surface area contributed by atoms with Crippen LogP contribution in [0.2, 0.25) is 0 Å². The molecule has 0 saturated heterocycles. The van der Waals surface area contributed by atoms with Crippen molar-refractivity contribution in [2.45, 2.75) is 19.8 Å². The predicted octanol–water partition coefficient (Wildman–Crippen LogP) is 4.26. The molecule has 0 aliphatic carbocycles. The summed E-state index contributed by atoms with van der Waals surface area (Å²) >= 11 is 1.35. The zero-order chi connectivity index (χ0) is 18.5. The Labute approximate surface area is 156 Å². The van der Waals surface area contributed by atoms with Crippen molar-refractivity contribution in [1.82, 2.24) is 0 Å². The summed E-state index contributed by atoms with van der Waals surface area (Å²) in [4.78, 5) is 25.0. The first-order chi connectivity index (χ1) is 12.6. The first kappa shape index (κ1) is 17.9. The van der Waals surface area contributed by atoms with E-state index in [0.29, 0.717) is 10.6 Å². The number of anilines is 1. The number of thiophene rings is 1. The molecule has 0 saturated carbocycles. The molecule has 1 aromatic heterocycles. The highest BCUT2D eigenvalue weighted by Crippen LogP contribution is 2.35. The molecule has 3 aromatic rings. The fourth-order valence-corrected chi connectivity index (χ4v) is 3.75. The molecule has 2 aromatic carbocycles. The Morgan fingerprint density at radius 3 is 2.27 bits per heavy atom. The van der Waals surface area contributed by atoms with Gasteiger partial charge in [-0.3, -0.25) is 9.59 Å². The lowest BCUT2D eigenvalue weighted by molar-refractivity contribution is -0.115. The van der Waals surface area contributed by atoms with Crippen molar-refractivity contribution in [3.8, 4) is 10.4 Å². The smallest absolute Gasteiger partial charge is 0.251 e. The number of nitrogens with one attached hydrogen (secondary N) is 1. The van der Waals surface area contributed by atoms with E-state index in [0.717, 1.165) is 22.4 Å². The van der Waals surface area contributed by atoms with Crippen molar-refractivity contribution in [1.29, 1.82) is 0 Å². The summed E-state index contributed by atoms with van der Waals surface area (Å²) in [6.07, 6.45) is 1.21. The van der Waals surface area contributed by atoms with Gasteiger partial charge in [-0.15, -0.1) is 11.3 Å². The summed E-state index contributed by atoms with van der Waals surface area (Å²) in [7, 11) is 0. The Morgan fingerprint density at radius 1 is 1.00 bits per heavy atom. The van der Waals surface area contributed by atoms with Crippen molar-refractivity contribution in [2.24, 2.45) is 5.73 Å². The minimum atomic E-state index is -0.550. The van der Waals surface area contributed by atoms with Crippen molar-refractivity contribution in [3.63, 3.8) is 0 Å². The van der Waals surface area contributed by atoms with E-state index in [1.165, 1.54) is 16.9 Å². The van der Waals surface area contributed by atoms with Crippen LogP contribution in [0.15, 0.2) is 60.7 Å². The largest absolute Gasteiger partial charge is 0.366 e. The molecule has 0 radical (unpaired) electrons. The molecule has 0 spiro atoms. The number of aryl methyl sites for hydroxylation is 1. The van der Waals surface area contributed by atoms with Gasteiger partial charge in [0.1, 0.15) is 5.00 Å². The second kappa shape index (κ2) is 7.97. The molecule has 2 amide bonds. The number of nitrogens with two attached hydrogens (primary N) is 1. The van der Waals surface area contributed by atoms with E-state index < -0.39 is 5.91 Å². The average Bonchev–Trinajstić information content (AvgIpc) is 3.07. The summed E-state index contributed by atoms with van der Waals surface area (Å²) in [6, 6.07) is 19.4. The highest BCUT2D eigenvalue weighted by Gasteiger charge is 2.17. The molecule has 0 unspecified atom stereocenters. The van der Waals surface area contributed by atoms with Gasteiger partial charge in [-0.05, 0) is 29.2 Å². The third-order valence-electron chi connectivity index (χ3n) is 4.10. The van der Waals surface area contributed by atoms with Crippen LogP contribution in [0.25, 0.3) is 10.4 Å². The molecule has 4 nitrogen and oxygen atoms in total. The third kappa shape index (κ3) is 4.18. The summed E-state index contributed by atoms with van der Waals surface area (Å²) in [6.45, 7) is 2.09. The van der Waals surface area contributed by atoms with Gasteiger partial charge >= 0.3 is 0 Å². The number of carbonyl (C=O) groups is 2. The van der Waals surface area contributed by atoms with Gasteiger partial charge in [-0.1, -0.05) is 61.5 Å². The van der Waals surface area contributed by atoms with Crippen LogP contribution in [0.4, 0.5) is 5.00 Å². The maximum absolute atomic E-state index is 12.4. The lowest BCUT2D eigenvalue weighted by Crippen LogP contribution is -2.17. The van der Waals surface area contributed by atoms with Crippen LogP contribution >= 0.6 is 11.3 Å². The molecule has 3 N–H and O–H groups in total.